The third-order valence-corrected chi connectivity index (χ3v) is 3.50. The summed E-state index contributed by atoms with van der Waals surface area (Å²) in [5, 5.41) is 8.02. The molecule has 0 unspecified atom stereocenters. The number of anilines is 1. The van der Waals surface area contributed by atoms with E-state index in [0.29, 0.717) is 11.7 Å². The zero-order valence-corrected chi connectivity index (χ0v) is 10.6. The Kier molecular flexibility index (Phi) is 4.75. The second-order valence-corrected chi connectivity index (χ2v) is 5.02. The van der Waals surface area contributed by atoms with Crippen molar-refractivity contribution in [2.24, 2.45) is 0 Å². The van der Waals surface area contributed by atoms with Crippen molar-refractivity contribution in [2.45, 2.75) is 19.3 Å². The van der Waals surface area contributed by atoms with Crippen molar-refractivity contribution in [3.8, 4) is 0 Å². The van der Waals surface area contributed by atoms with Crippen LogP contribution in [0.5, 0.6) is 0 Å². The number of thiazole rings is 1. The summed E-state index contributed by atoms with van der Waals surface area (Å²) in [5.74, 6) is 0. The number of rotatable bonds is 4. The highest BCUT2D eigenvalue weighted by molar-refractivity contribution is 7.13. The molecule has 1 aliphatic heterocycles. The average molecular weight is 254 g/mol. The Bertz CT molecular complexity index is 335. The summed E-state index contributed by atoms with van der Waals surface area (Å²) in [5.41, 5.74) is 0. The largest absolute Gasteiger partial charge is 0.337 e. The van der Waals surface area contributed by atoms with Crippen LogP contribution >= 0.6 is 11.3 Å². The van der Waals surface area contributed by atoms with Crippen LogP contribution in [0.15, 0.2) is 11.6 Å². The molecular formula is C11H18N4OS. The van der Waals surface area contributed by atoms with Crippen molar-refractivity contribution in [3.05, 3.63) is 11.6 Å². The minimum absolute atomic E-state index is 0.169. The van der Waals surface area contributed by atoms with E-state index in [1.807, 2.05) is 5.38 Å². The van der Waals surface area contributed by atoms with Gasteiger partial charge in [-0.25, -0.2) is 9.78 Å². The molecule has 94 valence electrons. The minimum Gasteiger partial charge on any atom is -0.337 e. The van der Waals surface area contributed by atoms with Gasteiger partial charge in [0.25, 0.3) is 0 Å². The first-order valence-electron chi connectivity index (χ1n) is 6.01. The van der Waals surface area contributed by atoms with Gasteiger partial charge in [0, 0.05) is 24.7 Å². The van der Waals surface area contributed by atoms with Gasteiger partial charge in [0.05, 0.1) is 0 Å². The molecule has 1 fully saturated rings. The van der Waals surface area contributed by atoms with Crippen molar-refractivity contribution in [1.82, 2.24) is 15.2 Å². The number of nitrogens with one attached hydrogen (secondary N) is 2. The standard InChI is InChI=1S/C11H18N4OS/c16-10(14-11-13-5-9-17-11)12-4-8-15-6-2-1-3-7-15/h5,9H,1-4,6-8H2,(H2,12,13,14,16). The summed E-state index contributed by atoms with van der Waals surface area (Å²) >= 11 is 1.42. The van der Waals surface area contributed by atoms with E-state index in [2.05, 4.69) is 20.5 Å². The molecule has 2 heterocycles. The smallest absolute Gasteiger partial charge is 0.321 e. The molecular weight excluding hydrogens is 236 g/mol. The number of hydrogen-bond donors (Lipinski definition) is 2. The van der Waals surface area contributed by atoms with Gasteiger partial charge in [0.1, 0.15) is 0 Å². The molecule has 0 saturated carbocycles. The first-order chi connectivity index (χ1) is 8.34. The molecule has 0 spiro atoms. The third kappa shape index (κ3) is 4.32. The van der Waals surface area contributed by atoms with Gasteiger partial charge in [-0.2, -0.15) is 0 Å². The van der Waals surface area contributed by atoms with E-state index in [4.69, 9.17) is 0 Å². The topological polar surface area (TPSA) is 57.3 Å². The predicted molar refractivity (Wildman–Crippen MR) is 69.4 cm³/mol. The Balaban J connectivity index is 1.59. The minimum atomic E-state index is -0.169. The van der Waals surface area contributed by atoms with Crippen LogP contribution in [0.3, 0.4) is 0 Å². The molecule has 2 N–H and O–H groups in total. The first kappa shape index (κ1) is 12.3. The molecule has 1 saturated heterocycles. The number of amides is 2. The molecule has 2 rings (SSSR count). The van der Waals surface area contributed by atoms with Crippen molar-refractivity contribution < 1.29 is 4.79 Å². The molecule has 6 heteroatoms. The fraction of sp³-hybridized carbons (Fsp3) is 0.636. The average Bonchev–Trinajstić information content (AvgIpc) is 2.83. The first-order valence-corrected chi connectivity index (χ1v) is 6.89. The molecule has 1 aromatic heterocycles. The van der Waals surface area contributed by atoms with Gasteiger partial charge in [0.15, 0.2) is 5.13 Å². The summed E-state index contributed by atoms with van der Waals surface area (Å²) in [7, 11) is 0. The molecule has 2 amide bonds. The van der Waals surface area contributed by atoms with Gasteiger partial charge in [-0.3, -0.25) is 5.32 Å². The van der Waals surface area contributed by atoms with E-state index in [0.717, 1.165) is 19.6 Å². The van der Waals surface area contributed by atoms with E-state index >= 15 is 0 Å². The fourth-order valence-electron chi connectivity index (χ4n) is 1.94. The van der Waals surface area contributed by atoms with Crippen LogP contribution in [0.4, 0.5) is 9.93 Å². The lowest BCUT2D eigenvalue weighted by atomic mass is 10.1. The van der Waals surface area contributed by atoms with Gasteiger partial charge in [-0.15, -0.1) is 11.3 Å². The van der Waals surface area contributed by atoms with Crippen LogP contribution in [0.25, 0.3) is 0 Å². The van der Waals surface area contributed by atoms with Crippen LogP contribution in [-0.2, 0) is 0 Å². The number of aromatic nitrogens is 1. The maximum absolute atomic E-state index is 11.5. The molecule has 5 nitrogen and oxygen atoms in total. The number of carbonyl (C=O) groups excluding carboxylic acids is 1. The predicted octanol–water partition coefficient (Wildman–Crippen LogP) is 1.75. The van der Waals surface area contributed by atoms with Crippen LogP contribution in [-0.4, -0.2) is 42.1 Å². The van der Waals surface area contributed by atoms with Gasteiger partial charge in [0.2, 0.25) is 0 Å². The molecule has 0 aromatic carbocycles. The second kappa shape index (κ2) is 6.56. The summed E-state index contributed by atoms with van der Waals surface area (Å²) in [6, 6.07) is -0.169. The van der Waals surface area contributed by atoms with Crippen molar-refractivity contribution in [1.29, 1.82) is 0 Å². The molecule has 0 aliphatic carbocycles. The molecule has 1 aromatic rings. The zero-order chi connectivity index (χ0) is 11.9. The van der Waals surface area contributed by atoms with Crippen LogP contribution in [0.2, 0.25) is 0 Å². The van der Waals surface area contributed by atoms with E-state index in [1.165, 1.54) is 30.6 Å². The molecule has 17 heavy (non-hydrogen) atoms. The number of hydrogen-bond acceptors (Lipinski definition) is 4. The van der Waals surface area contributed by atoms with E-state index in [1.54, 1.807) is 6.20 Å². The van der Waals surface area contributed by atoms with Gasteiger partial charge < -0.3 is 10.2 Å². The molecule has 1 aliphatic rings. The van der Waals surface area contributed by atoms with E-state index in [9.17, 15) is 4.79 Å². The number of likely N-dealkylation sites (tertiary alicyclic amines) is 1. The van der Waals surface area contributed by atoms with Crippen LogP contribution in [0, 0.1) is 0 Å². The summed E-state index contributed by atoms with van der Waals surface area (Å²) in [4.78, 5) is 17.9. The second-order valence-electron chi connectivity index (χ2n) is 4.12. The van der Waals surface area contributed by atoms with Crippen LogP contribution < -0.4 is 10.6 Å². The normalized spacial score (nSPS) is 16.7. The molecule has 0 radical (unpaired) electrons. The quantitative estimate of drug-likeness (QED) is 0.860. The Morgan fingerprint density at radius 3 is 2.94 bits per heavy atom. The SMILES string of the molecule is O=C(NCCN1CCCCC1)Nc1nccs1. The highest BCUT2D eigenvalue weighted by atomic mass is 32.1. The highest BCUT2D eigenvalue weighted by Gasteiger charge is 2.09. The van der Waals surface area contributed by atoms with Gasteiger partial charge in [-0.05, 0) is 25.9 Å². The number of piperidine rings is 1. The maximum Gasteiger partial charge on any atom is 0.321 e. The van der Waals surface area contributed by atoms with Gasteiger partial charge in [-0.1, -0.05) is 6.42 Å². The monoisotopic (exact) mass is 254 g/mol. The summed E-state index contributed by atoms with van der Waals surface area (Å²) in [6.07, 6.45) is 5.58. The Hall–Kier alpha value is -1.14. The van der Waals surface area contributed by atoms with E-state index < -0.39 is 0 Å². The lowest BCUT2D eigenvalue weighted by molar-refractivity contribution is 0.224. The summed E-state index contributed by atoms with van der Waals surface area (Å²) in [6.45, 7) is 3.95. The van der Waals surface area contributed by atoms with Crippen molar-refractivity contribution in [3.63, 3.8) is 0 Å². The van der Waals surface area contributed by atoms with Crippen molar-refractivity contribution >= 4 is 22.5 Å². The number of carbonyl (C=O) groups is 1. The lowest BCUT2D eigenvalue weighted by Crippen LogP contribution is -2.39. The zero-order valence-electron chi connectivity index (χ0n) is 9.82. The third-order valence-electron chi connectivity index (χ3n) is 2.82. The highest BCUT2D eigenvalue weighted by Crippen LogP contribution is 2.09. The number of urea groups is 1. The van der Waals surface area contributed by atoms with Crippen LogP contribution in [0.1, 0.15) is 19.3 Å². The molecule has 0 bridgehead atoms. The number of nitrogens with zero attached hydrogens (tertiary/aromatic N) is 2. The van der Waals surface area contributed by atoms with Crippen molar-refractivity contribution in [2.75, 3.05) is 31.5 Å². The fourth-order valence-corrected chi connectivity index (χ4v) is 2.46. The maximum atomic E-state index is 11.5. The Morgan fingerprint density at radius 2 is 2.24 bits per heavy atom. The molecule has 0 atom stereocenters. The van der Waals surface area contributed by atoms with E-state index in [-0.39, 0.29) is 6.03 Å². The Labute approximate surface area is 105 Å². The summed E-state index contributed by atoms with van der Waals surface area (Å²) < 4.78 is 0. The Morgan fingerprint density at radius 1 is 1.41 bits per heavy atom. The van der Waals surface area contributed by atoms with Gasteiger partial charge >= 0.3 is 6.03 Å². The lowest BCUT2D eigenvalue weighted by Gasteiger charge is -2.26.